The maximum absolute atomic E-state index is 12.9. The summed E-state index contributed by atoms with van der Waals surface area (Å²) in [5, 5.41) is 13.7. The first-order valence-electron chi connectivity index (χ1n) is 9.85. The second kappa shape index (κ2) is 8.93. The van der Waals surface area contributed by atoms with E-state index in [2.05, 4.69) is 5.32 Å². The zero-order valence-corrected chi connectivity index (χ0v) is 17.8. The van der Waals surface area contributed by atoms with Gasteiger partial charge in [-0.15, -0.1) is 0 Å². The highest BCUT2D eigenvalue weighted by Crippen LogP contribution is 2.27. The van der Waals surface area contributed by atoms with Crippen molar-refractivity contribution in [3.8, 4) is 0 Å². The summed E-state index contributed by atoms with van der Waals surface area (Å²) in [6.45, 7) is 1.52. The van der Waals surface area contributed by atoms with Crippen LogP contribution in [0.4, 0.5) is 11.4 Å². The minimum Gasteiger partial charge on any atom is -0.322 e. The van der Waals surface area contributed by atoms with E-state index in [1.807, 2.05) is 0 Å². The van der Waals surface area contributed by atoms with Gasteiger partial charge >= 0.3 is 0 Å². The number of carbonyl (C=O) groups excluding carboxylic acids is 1. The molecule has 160 valence electrons. The van der Waals surface area contributed by atoms with Crippen LogP contribution in [-0.2, 0) is 10.0 Å². The lowest BCUT2D eigenvalue weighted by molar-refractivity contribution is -0.385. The number of amides is 1. The Kier molecular flexibility index (Phi) is 6.52. The van der Waals surface area contributed by atoms with Crippen LogP contribution in [0.3, 0.4) is 0 Å². The van der Waals surface area contributed by atoms with E-state index < -0.39 is 20.9 Å². The summed E-state index contributed by atoms with van der Waals surface area (Å²) in [6.07, 6.45) is 4.95. The number of sulfonamides is 1. The average Bonchev–Trinajstić information content (AvgIpc) is 2.74. The van der Waals surface area contributed by atoms with Crippen LogP contribution in [0, 0.1) is 17.0 Å². The van der Waals surface area contributed by atoms with E-state index in [4.69, 9.17) is 0 Å². The topological polar surface area (TPSA) is 110 Å². The quantitative estimate of drug-likeness (QED) is 0.547. The van der Waals surface area contributed by atoms with E-state index in [9.17, 15) is 23.3 Å². The van der Waals surface area contributed by atoms with E-state index in [0.717, 1.165) is 32.1 Å². The standard InChI is InChI=1S/C21H25N3O5S/c1-15-19(9-6-10-20(15)24(26)27)21(25)22-16-11-13-18(14-12-16)30(28,29)23(2)17-7-4-3-5-8-17/h6,9-14,17H,3-5,7-8H2,1-2H3,(H,22,25). The van der Waals surface area contributed by atoms with E-state index in [0.29, 0.717) is 5.69 Å². The molecule has 1 saturated carbocycles. The Labute approximate surface area is 176 Å². The van der Waals surface area contributed by atoms with Gasteiger partial charge in [-0.25, -0.2) is 8.42 Å². The SMILES string of the molecule is Cc1c(C(=O)Nc2ccc(S(=O)(=O)N(C)C3CCCCC3)cc2)cccc1[N+](=O)[O-]. The molecular weight excluding hydrogens is 406 g/mol. The third-order valence-corrected chi connectivity index (χ3v) is 7.55. The summed E-state index contributed by atoms with van der Waals surface area (Å²) in [4.78, 5) is 23.2. The molecule has 1 amide bonds. The third-order valence-electron chi connectivity index (χ3n) is 5.62. The molecule has 0 unspecified atom stereocenters. The Hall–Kier alpha value is -2.78. The summed E-state index contributed by atoms with van der Waals surface area (Å²) < 4.78 is 27.3. The van der Waals surface area contributed by atoms with Crippen LogP contribution in [0.2, 0.25) is 0 Å². The molecule has 1 aliphatic carbocycles. The first-order valence-corrected chi connectivity index (χ1v) is 11.3. The van der Waals surface area contributed by atoms with Gasteiger partial charge in [0.2, 0.25) is 10.0 Å². The molecule has 1 fully saturated rings. The van der Waals surface area contributed by atoms with Crippen molar-refractivity contribution in [2.24, 2.45) is 0 Å². The number of rotatable bonds is 6. The summed E-state index contributed by atoms with van der Waals surface area (Å²) >= 11 is 0. The molecule has 0 bridgehead atoms. The van der Waals surface area contributed by atoms with Gasteiger partial charge in [0.05, 0.1) is 9.82 Å². The smallest absolute Gasteiger partial charge is 0.273 e. The molecule has 1 aliphatic rings. The lowest BCUT2D eigenvalue weighted by atomic mass is 9.96. The fraction of sp³-hybridized carbons (Fsp3) is 0.381. The minimum absolute atomic E-state index is 0.0139. The Morgan fingerprint density at radius 3 is 2.33 bits per heavy atom. The number of hydrogen-bond donors (Lipinski definition) is 1. The van der Waals surface area contributed by atoms with E-state index in [1.165, 1.54) is 53.7 Å². The zero-order valence-electron chi connectivity index (χ0n) is 17.0. The number of benzene rings is 2. The number of nitro benzene ring substituents is 1. The molecule has 0 aliphatic heterocycles. The van der Waals surface area contributed by atoms with Crippen molar-refractivity contribution >= 4 is 27.3 Å². The maximum Gasteiger partial charge on any atom is 0.273 e. The van der Waals surface area contributed by atoms with E-state index in [-0.39, 0.29) is 27.8 Å². The number of nitro groups is 1. The van der Waals surface area contributed by atoms with Gasteiger partial charge in [-0.3, -0.25) is 14.9 Å². The van der Waals surface area contributed by atoms with Gasteiger partial charge in [0.15, 0.2) is 0 Å². The largest absolute Gasteiger partial charge is 0.322 e. The van der Waals surface area contributed by atoms with Crippen LogP contribution in [0.25, 0.3) is 0 Å². The second-order valence-corrected chi connectivity index (χ2v) is 9.50. The highest BCUT2D eigenvalue weighted by Gasteiger charge is 2.29. The molecule has 8 nitrogen and oxygen atoms in total. The van der Waals surface area contributed by atoms with Gasteiger partial charge in [0, 0.05) is 36.0 Å². The fourth-order valence-electron chi connectivity index (χ4n) is 3.78. The van der Waals surface area contributed by atoms with Crippen molar-refractivity contribution < 1.29 is 18.1 Å². The molecule has 1 N–H and O–H groups in total. The lowest BCUT2D eigenvalue weighted by Gasteiger charge is -2.30. The summed E-state index contributed by atoms with van der Waals surface area (Å²) in [5.74, 6) is -0.494. The normalized spacial score (nSPS) is 15.2. The van der Waals surface area contributed by atoms with Gasteiger partial charge in [0.25, 0.3) is 11.6 Å². The van der Waals surface area contributed by atoms with Crippen molar-refractivity contribution in [2.45, 2.75) is 50.0 Å². The highest BCUT2D eigenvalue weighted by molar-refractivity contribution is 7.89. The van der Waals surface area contributed by atoms with Crippen LogP contribution in [0.15, 0.2) is 47.4 Å². The predicted molar refractivity (Wildman–Crippen MR) is 114 cm³/mol. The first-order chi connectivity index (χ1) is 14.2. The van der Waals surface area contributed by atoms with Crippen molar-refractivity contribution in [1.82, 2.24) is 4.31 Å². The average molecular weight is 432 g/mol. The molecule has 0 spiro atoms. The molecule has 30 heavy (non-hydrogen) atoms. The van der Waals surface area contributed by atoms with Crippen molar-refractivity contribution in [3.63, 3.8) is 0 Å². The summed E-state index contributed by atoms with van der Waals surface area (Å²) in [5.41, 5.74) is 0.742. The van der Waals surface area contributed by atoms with Gasteiger partial charge < -0.3 is 5.32 Å². The van der Waals surface area contributed by atoms with Gasteiger partial charge in [0.1, 0.15) is 0 Å². The van der Waals surface area contributed by atoms with Crippen molar-refractivity contribution in [1.29, 1.82) is 0 Å². The Morgan fingerprint density at radius 1 is 1.10 bits per heavy atom. The predicted octanol–water partition coefficient (Wildman–Crippen LogP) is 4.11. The Balaban J connectivity index is 1.75. The molecule has 0 heterocycles. The van der Waals surface area contributed by atoms with Crippen molar-refractivity contribution in [2.75, 3.05) is 12.4 Å². The second-order valence-electron chi connectivity index (χ2n) is 7.50. The van der Waals surface area contributed by atoms with Gasteiger partial charge in [-0.1, -0.05) is 25.3 Å². The number of nitrogens with zero attached hydrogens (tertiary/aromatic N) is 2. The molecule has 0 radical (unpaired) electrons. The molecule has 0 atom stereocenters. The zero-order chi connectivity index (χ0) is 21.9. The number of carbonyl (C=O) groups is 1. The summed E-state index contributed by atoms with van der Waals surface area (Å²) in [7, 11) is -2.00. The van der Waals surface area contributed by atoms with Crippen LogP contribution in [-0.4, -0.2) is 36.6 Å². The van der Waals surface area contributed by atoms with Crippen LogP contribution >= 0.6 is 0 Å². The van der Waals surface area contributed by atoms with Gasteiger partial charge in [-0.2, -0.15) is 4.31 Å². The van der Waals surface area contributed by atoms with E-state index >= 15 is 0 Å². The fourth-order valence-corrected chi connectivity index (χ4v) is 5.20. The lowest BCUT2D eigenvalue weighted by Crippen LogP contribution is -2.38. The molecule has 2 aromatic carbocycles. The maximum atomic E-state index is 12.9. The molecule has 2 aromatic rings. The monoisotopic (exact) mass is 431 g/mol. The van der Waals surface area contributed by atoms with Crippen molar-refractivity contribution in [3.05, 3.63) is 63.7 Å². The Morgan fingerprint density at radius 2 is 1.73 bits per heavy atom. The van der Waals surface area contributed by atoms with Crippen LogP contribution in [0.5, 0.6) is 0 Å². The van der Waals surface area contributed by atoms with E-state index in [1.54, 1.807) is 7.05 Å². The number of anilines is 1. The van der Waals surface area contributed by atoms with Gasteiger partial charge in [-0.05, 0) is 50.1 Å². The molecule has 3 rings (SSSR count). The van der Waals surface area contributed by atoms with Crippen LogP contribution in [0.1, 0.15) is 48.0 Å². The summed E-state index contributed by atoms with van der Waals surface area (Å²) in [6, 6.07) is 10.3. The highest BCUT2D eigenvalue weighted by atomic mass is 32.2. The minimum atomic E-state index is -3.61. The molecule has 0 aromatic heterocycles. The molecular formula is C21H25N3O5S. The van der Waals surface area contributed by atoms with Crippen LogP contribution < -0.4 is 5.32 Å². The first kappa shape index (κ1) is 21.9. The number of nitrogens with one attached hydrogen (secondary N) is 1. The third kappa shape index (κ3) is 4.52. The number of hydrogen-bond acceptors (Lipinski definition) is 5. The Bertz CT molecular complexity index is 1040. The molecule has 9 heteroatoms. The molecule has 0 saturated heterocycles.